The van der Waals surface area contributed by atoms with Crippen LogP contribution in [0.1, 0.15) is 24.3 Å². The van der Waals surface area contributed by atoms with Crippen molar-refractivity contribution >= 4 is 17.6 Å². The minimum Gasteiger partial charge on any atom is -0.493 e. The van der Waals surface area contributed by atoms with Crippen LogP contribution in [0.2, 0.25) is 5.02 Å². The Kier molecular flexibility index (Phi) is 4.61. The van der Waals surface area contributed by atoms with Gasteiger partial charge in [0.15, 0.2) is 17.2 Å². The molecule has 0 spiro atoms. The highest BCUT2D eigenvalue weighted by molar-refractivity contribution is 6.33. The van der Waals surface area contributed by atoms with E-state index in [1.807, 2.05) is 13.8 Å². The molecule has 0 saturated heterocycles. The molecular weight excluding hydrogens is 308 g/mol. The van der Waals surface area contributed by atoms with Gasteiger partial charge in [-0.3, -0.25) is 4.68 Å². The molecule has 0 saturated carbocycles. The van der Waals surface area contributed by atoms with Gasteiger partial charge < -0.3 is 14.6 Å². The summed E-state index contributed by atoms with van der Waals surface area (Å²) in [6, 6.07) is 4.83. The summed E-state index contributed by atoms with van der Waals surface area (Å²) in [5, 5.41) is 13.4. The molecule has 0 atom stereocenters. The van der Waals surface area contributed by atoms with E-state index in [1.54, 1.807) is 19.2 Å². The number of hydrogen-bond acceptors (Lipinski definition) is 4. The first kappa shape index (κ1) is 16.2. The molecule has 0 unspecified atom stereocenters. The quantitative estimate of drug-likeness (QED) is 0.914. The lowest BCUT2D eigenvalue weighted by Gasteiger charge is -2.16. The van der Waals surface area contributed by atoms with Gasteiger partial charge >= 0.3 is 5.97 Å². The van der Waals surface area contributed by atoms with Crippen molar-refractivity contribution in [2.75, 3.05) is 7.11 Å². The van der Waals surface area contributed by atoms with E-state index >= 15 is 0 Å². The SMILES string of the molecule is COc1cc(-c2cc(C(=O)O)nn2C)c(Cl)cc1OC(C)C. The summed E-state index contributed by atoms with van der Waals surface area (Å²) in [5.74, 6) is -0.0391. The molecule has 2 rings (SSSR count). The van der Waals surface area contributed by atoms with Crippen LogP contribution in [-0.2, 0) is 7.05 Å². The first-order valence-corrected chi connectivity index (χ1v) is 7.03. The topological polar surface area (TPSA) is 73.6 Å². The number of carboxylic acids is 1. The molecular formula is C15H17ClN2O4. The second-order valence-corrected chi connectivity index (χ2v) is 5.40. The molecule has 0 aliphatic heterocycles. The van der Waals surface area contributed by atoms with E-state index in [9.17, 15) is 4.79 Å². The Bertz CT molecular complexity index is 710. The minimum absolute atomic E-state index is 0.0221. The fourth-order valence-electron chi connectivity index (χ4n) is 2.06. The summed E-state index contributed by atoms with van der Waals surface area (Å²) >= 11 is 6.31. The van der Waals surface area contributed by atoms with Crippen molar-refractivity contribution in [3.63, 3.8) is 0 Å². The standard InChI is InChI=1S/C15H17ClN2O4/c1-8(2)22-14-6-10(16)9(5-13(14)21-4)12-7-11(15(19)20)17-18(12)3/h5-8H,1-4H3,(H,19,20). The number of nitrogens with zero attached hydrogens (tertiary/aromatic N) is 2. The first-order valence-electron chi connectivity index (χ1n) is 6.65. The lowest BCUT2D eigenvalue weighted by Crippen LogP contribution is -2.07. The van der Waals surface area contributed by atoms with Gasteiger partial charge in [0.25, 0.3) is 0 Å². The Balaban J connectivity index is 2.54. The Labute approximate surface area is 133 Å². The molecule has 22 heavy (non-hydrogen) atoms. The fourth-order valence-corrected chi connectivity index (χ4v) is 2.31. The van der Waals surface area contributed by atoms with Crippen LogP contribution in [0.3, 0.4) is 0 Å². The molecule has 1 aromatic carbocycles. The van der Waals surface area contributed by atoms with E-state index in [4.69, 9.17) is 26.2 Å². The maximum absolute atomic E-state index is 11.0. The van der Waals surface area contributed by atoms with Gasteiger partial charge in [0.05, 0.1) is 23.9 Å². The van der Waals surface area contributed by atoms with Gasteiger partial charge in [0.1, 0.15) is 0 Å². The van der Waals surface area contributed by atoms with Crippen molar-refractivity contribution in [3.05, 3.63) is 28.9 Å². The van der Waals surface area contributed by atoms with Crippen molar-refractivity contribution in [1.82, 2.24) is 9.78 Å². The summed E-state index contributed by atoms with van der Waals surface area (Å²) in [5.41, 5.74) is 1.16. The normalized spacial score (nSPS) is 10.8. The van der Waals surface area contributed by atoms with Gasteiger partial charge in [-0.15, -0.1) is 0 Å². The number of aryl methyl sites for hydroxylation is 1. The molecule has 7 heteroatoms. The summed E-state index contributed by atoms with van der Waals surface area (Å²) < 4.78 is 12.4. The highest BCUT2D eigenvalue weighted by Crippen LogP contribution is 2.39. The number of aromatic carboxylic acids is 1. The average Bonchev–Trinajstić information content (AvgIpc) is 2.80. The van der Waals surface area contributed by atoms with Crippen LogP contribution in [0.25, 0.3) is 11.3 Å². The summed E-state index contributed by atoms with van der Waals surface area (Å²) in [4.78, 5) is 11.0. The summed E-state index contributed by atoms with van der Waals surface area (Å²) in [6.07, 6.45) is -0.0221. The van der Waals surface area contributed by atoms with Gasteiger partial charge in [0.2, 0.25) is 0 Å². The number of methoxy groups -OCH3 is 1. The smallest absolute Gasteiger partial charge is 0.356 e. The molecule has 1 N–H and O–H groups in total. The van der Waals surface area contributed by atoms with Gasteiger partial charge in [-0.05, 0) is 26.0 Å². The Hall–Kier alpha value is -2.21. The monoisotopic (exact) mass is 324 g/mol. The predicted molar refractivity (Wildman–Crippen MR) is 82.9 cm³/mol. The minimum atomic E-state index is -1.09. The van der Waals surface area contributed by atoms with Crippen molar-refractivity contribution in [2.45, 2.75) is 20.0 Å². The van der Waals surface area contributed by atoms with E-state index in [0.29, 0.717) is 27.8 Å². The van der Waals surface area contributed by atoms with Crippen molar-refractivity contribution in [1.29, 1.82) is 0 Å². The largest absolute Gasteiger partial charge is 0.493 e. The zero-order valence-electron chi connectivity index (χ0n) is 12.8. The molecule has 2 aromatic rings. The zero-order chi connectivity index (χ0) is 16.4. The van der Waals surface area contributed by atoms with E-state index in [1.165, 1.54) is 17.9 Å². The van der Waals surface area contributed by atoms with Crippen molar-refractivity contribution in [3.8, 4) is 22.8 Å². The zero-order valence-corrected chi connectivity index (χ0v) is 13.5. The Morgan fingerprint density at radius 2 is 2.00 bits per heavy atom. The number of aromatic nitrogens is 2. The third kappa shape index (κ3) is 3.17. The number of benzene rings is 1. The van der Waals surface area contributed by atoms with Crippen LogP contribution in [-0.4, -0.2) is 34.1 Å². The molecule has 0 aliphatic rings. The van der Waals surface area contributed by atoms with E-state index in [-0.39, 0.29) is 11.8 Å². The number of carboxylic acid groups (broad SMARTS) is 1. The van der Waals surface area contributed by atoms with Gasteiger partial charge in [-0.25, -0.2) is 4.79 Å². The summed E-state index contributed by atoms with van der Waals surface area (Å²) in [6.45, 7) is 3.81. The van der Waals surface area contributed by atoms with Crippen LogP contribution >= 0.6 is 11.6 Å². The first-order chi connectivity index (χ1) is 10.3. The van der Waals surface area contributed by atoms with Crippen LogP contribution in [0.5, 0.6) is 11.5 Å². The van der Waals surface area contributed by atoms with Crippen LogP contribution < -0.4 is 9.47 Å². The third-order valence-electron chi connectivity index (χ3n) is 2.99. The maximum atomic E-state index is 11.0. The van der Waals surface area contributed by atoms with Crippen LogP contribution in [0.4, 0.5) is 0 Å². The molecule has 0 aliphatic carbocycles. The van der Waals surface area contributed by atoms with Gasteiger partial charge in [0, 0.05) is 18.7 Å². The van der Waals surface area contributed by atoms with Crippen molar-refractivity contribution < 1.29 is 19.4 Å². The number of halogens is 1. The number of ether oxygens (including phenoxy) is 2. The molecule has 0 fully saturated rings. The number of hydrogen-bond donors (Lipinski definition) is 1. The maximum Gasteiger partial charge on any atom is 0.356 e. The summed E-state index contributed by atoms with van der Waals surface area (Å²) in [7, 11) is 3.19. The second kappa shape index (κ2) is 6.27. The lowest BCUT2D eigenvalue weighted by atomic mass is 10.1. The van der Waals surface area contributed by atoms with E-state index in [0.717, 1.165) is 0 Å². The van der Waals surface area contributed by atoms with E-state index < -0.39 is 5.97 Å². The molecule has 0 radical (unpaired) electrons. The van der Waals surface area contributed by atoms with Gasteiger partial charge in [-0.2, -0.15) is 5.10 Å². The Morgan fingerprint density at radius 3 is 2.50 bits per heavy atom. The van der Waals surface area contributed by atoms with Crippen molar-refractivity contribution in [2.24, 2.45) is 7.05 Å². The molecule has 0 bridgehead atoms. The van der Waals surface area contributed by atoms with Crippen LogP contribution in [0, 0.1) is 0 Å². The molecule has 118 valence electrons. The number of carbonyl (C=O) groups is 1. The lowest BCUT2D eigenvalue weighted by molar-refractivity contribution is 0.0689. The van der Waals surface area contributed by atoms with Gasteiger partial charge in [-0.1, -0.05) is 11.6 Å². The number of rotatable bonds is 5. The third-order valence-corrected chi connectivity index (χ3v) is 3.30. The average molecular weight is 325 g/mol. The van der Waals surface area contributed by atoms with E-state index in [2.05, 4.69) is 5.10 Å². The Morgan fingerprint density at radius 1 is 1.32 bits per heavy atom. The van der Waals surface area contributed by atoms with Crippen LogP contribution in [0.15, 0.2) is 18.2 Å². The highest BCUT2D eigenvalue weighted by atomic mass is 35.5. The second-order valence-electron chi connectivity index (χ2n) is 4.99. The predicted octanol–water partition coefficient (Wildman–Crippen LogP) is 3.23. The molecule has 6 nitrogen and oxygen atoms in total. The molecule has 1 heterocycles. The fraction of sp³-hybridized carbons (Fsp3) is 0.333. The highest BCUT2D eigenvalue weighted by Gasteiger charge is 2.18. The molecule has 1 aromatic heterocycles. The molecule has 0 amide bonds.